The van der Waals surface area contributed by atoms with E-state index in [0.29, 0.717) is 27.8 Å². The third-order valence-electron chi connectivity index (χ3n) is 8.21. The molecule has 0 N–H and O–H groups in total. The van der Waals surface area contributed by atoms with Crippen LogP contribution in [-0.2, 0) is 5.41 Å². The van der Waals surface area contributed by atoms with Gasteiger partial charge in [0.15, 0.2) is 0 Å². The van der Waals surface area contributed by atoms with E-state index in [0.717, 1.165) is 22.0 Å². The molecule has 2 aliphatic rings. The van der Waals surface area contributed by atoms with Crippen LogP contribution in [0.1, 0.15) is 41.7 Å². The summed E-state index contributed by atoms with van der Waals surface area (Å²) in [6.45, 7) is 4.51. The monoisotopic (exact) mass is 525 g/mol. The van der Waals surface area contributed by atoms with E-state index >= 15 is 0 Å². The van der Waals surface area contributed by atoms with Crippen molar-refractivity contribution in [3.63, 3.8) is 0 Å². The molecule has 0 unspecified atom stereocenters. The average Bonchev–Trinajstić information content (AvgIpc) is 3.30. The number of fused-ring (bicyclic) bond motifs is 5. The lowest BCUT2D eigenvalue weighted by molar-refractivity contribution is 0.635. The molecule has 0 aromatic heterocycles. The van der Waals surface area contributed by atoms with Crippen LogP contribution in [0.3, 0.4) is 0 Å². The van der Waals surface area contributed by atoms with Crippen LogP contribution in [0, 0.1) is 45.3 Å². The minimum Gasteiger partial charge on any atom is -0.344 e. The molecule has 1 heterocycles. The van der Waals surface area contributed by atoms with Crippen LogP contribution < -0.4 is 4.90 Å². The van der Waals surface area contributed by atoms with Crippen molar-refractivity contribution < 1.29 is 0 Å². The fraction of sp³-hybridized carbons (Fsp3) is 0.111. The molecule has 6 rings (SSSR count). The van der Waals surface area contributed by atoms with E-state index < -0.39 is 0 Å². The first-order chi connectivity index (χ1) is 19.8. The first kappa shape index (κ1) is 25.4. The second kappa shape index (κ2) is 9.39. The molecule has 0 bridgehead atoms. The third-order valence-corrected chi connectivity index (χ3v) is 8.21. The molecule has 1 aliphatic heterocycles. The van der Waals surface area contributed by atoms with Crippen LogP contribution in [0.2, 0.25) is 0 Å². The van der Waals surface area contributed by atoms with E-state index in [-0.39, 0.29) is 16.6 Å². The summed E-state index contributed by atoms with van der Waals surface area (Å²) in [5.74, 6) is 0. The summed E-state index contributed by atoms with van der Waals surface area (Å²) in [6.07, 6.45) is 1.87. The number of nitrogens with zero attached hydrogens (tertiary/aromatic N) is 5. The molecule has 0 saturated heterocycles. The van der Waals surface area contributed by atoms with E-state index in [4.69, 9.17) is 0 Å². The van der Waals surface area contributed by atoms with Crippen molar-refractivity contribution in [3.8, 4) is 24.3 Å². The molecule has 0 amide bonds. The van der Waals surface area contributed by atoms with Crippen LogP contribution in [0.15, 0.2) is 95.6 Å². The lowest BCUT2D eigenvalue weighted by atomic mass is 9.72. The highest BCUT2D eigenvalue weighted by Gasteiger charge is 2.36. The number of benzene rings is 4. The van der Waals surface area contributed by atoms with Gasteiger partial charge in [-0.15, -0.1) is 0 Å². The van der Waals surface area contributed by atoms with Gasteiger partial charge >= 0.3 is 0 Å². The van der Waals surface area contributed by atoms with Crippen molar-refractivity contribution >= 4 is 39.4 Å². The Morgan fingerprint density at radius 1 is 0.707 bits per heavy atom. The van der Waals surface area contributed by atoms with E-state index in [1.54, 1.807) is 0 Å². The molecule has 41 heavy (non-hydrogen) atoms. The van der Waals surface area contributed by atoms with Crippen LogP contribution >= 0.6 is 0 Å². The predicted molar refractivity (Wildman–Crippen MR) is 161 cm³/mol. The predicted octanol–water partition coefficient (Wildman–Crippen LogP) is 7.95. The topological polar surface area (TPSA) is 98.4 Å². The lowest BCUT2D eigenvalue weighted by Gasteiger charge is -2.41. The molecular formula is C36H23N5. The largest absolute Gasteiger partial charge is 0.344 e. The van der Waals surface area contributed by atoms with E-state index in [1.807, 2.05) is 60.7 Å². The van der Waals surface area contributed by atoms with Gasteiger partial charge in [-0.1, -0.05) is 74.5 Å². The number of para-hydroxylation sites is 1. The summed E-state index contributed by atoms with van der Waals surface area (Å²) in [4.78, 5) is 2.24. The highest BCUT2D eigenvalue weighted by Crippen LogP contribution is 2.51. The Bertz CT molecular complexity index is 1970. The Balaban J connectivity index is 1.60. The molecule has 4 aromatic carbocycles. The Morgan fingerprint density at radius 2 is 1.29 bits per heavy atom. The normalized spacial score (nSPS) is 14.1. The van der Waals surface area contributed by atoms with E-state index in [9.17, 15) is 21.0 Å². The first-order valence-electron chi connectivity index (χ1n) is 13.2. The van der Waals surface area contributed by atoms with Crippen molar-refractivity contribution in [2.45, 2.75) is 19.3 Å². The highest BCUT2D eigenvalue weighted by molar-refractivity contribution is 6.15. The summed E-state index contributed by atoms with van der Waals surface area (Å²) in [6, 6.07) is 34.3. The molecule has 4 aromatic rings. The van der Waals surface area contributed by atoms with Gasteiger partial charge in [-0.3, -0.25) is 0 Å². The van der Waals surface area contributed by atoms with Crippen molar-refractivity contribution in [1.29, 1.82) is 21.0 Å². The molecule has 5 nitrogen and oxygen atoms in total. The molecule has 0 spiro atoms. The fourth-order valence-corrected chi connectivity index (χ4v) is 6.38. The van der Waals surface area contributed by atoms with E-state index in [2.05, 4.69) is 74.3 Å². The Kier molecular flexibility index (Phi) is 5.82. The molecule has 5 heteroatoms. The number of hydrogen-bond acceptors (Lipinski definition) is 5. The molecule has 1 aliphatic carbocycles. The van der Waals surface area contributed by atoms with Crippen LogP contribution in [0.4, 0.5) is 11.4 Å². The summed E-state index contributed by atoms with van der Waals surface area (Å²) in [5, 5.41) is 41.5. The standard InChI is InChI=1S/C36H23N5/c1-36(2)30-10-6-7-11-31(30)41(3)32-15-13-23-16-22(12-14-26(23)35(32)36)17-29-33(24(18-37)19-38)27-8-4-5-9-28(27)34(29)25(20-39)21-40/h4-17H,1-3H3. The highest BCUT2D eigenvalue weighted by atomic mass is 15.1. The van der Waals surface area contributed by atoms with Crippen LogP contribution in [0.5, 0.6) is 0 Å². The van der Waals surface area contributed by atoms with Gasteiger partial charge < -0.3 is 4.90 Å². The Morgan fingerprint density at radius 3 is 1.90 bits per heavy atom. The minimum absolute atomic E-state index is 0.0627. The van der Waals surface area contributed by atoms with Crippen LogP contribution in [0.25, 0.3) is 28.0 Å². The molecule has 0 fully saturated rings. The van der Waals surface area contributed by atoms with Gasteiger partial charge in [0, 0.05) is 35.0 Å². The quantitative estimate of drug-likeness (QED) is 0.235. The second-order valence-electron chi connectivity index (χ2n) is 10.7. The average molecular weight is 526 g/mol. The molecule has 0 atom stereocenters. The maximum atomic E-state index is 9.82. The number of anilines is 2. The summed E-state index contributed by atoms with van der Waals surface area (Å²) >= 11 is 0. The van der Waals surface area contributed by atoms with E-state index in [1.165, 1.54) is 16.8 Å². The van der Waals surface area contributed by atoms with Gasteiger partial charge in [-0.05, 0) is 68.4 Å². The lowest BCUT2D eigenvalue weighted by Crippen LogP contribution is -2.31. The van der Waals surface area contributed by atoms with Crippen molar-refractivity contribution in [2.24, 2.45) is 0 Å². The van der Waals surface area contributed by atoms with Gasteiger partial charge in [-0.2, -0.15) is 21.0 Å². The molecular weight excluding hydrogens is 502 g/mol. The zero-order valence-corrected chi connectivity index (χ0v) is 22.8. The Hall–Kier alpha value is -5.88. The minimum atomic E-state index is -0.222. The van der Waals surface area contributed by atoms with Crippen LogP contribution in [-0.4, -0.2) is 7.05 Å². The fourth-order valence-electron chi connectivity index (χ4n) is 6.38. The van der Waals surface area contributed by atoms with Crippen molar-refractivity contribution in [2.75, 3.05) is 11.9 Å². The van der Waals surface area contributed by atoms with Gasteiger partial charge in [-0.25, -0.2) is 0 Å². The Labute approximate surface area is 239 Å². The van der Waals surface area contributed by atoms with Gasteiger partial charge in [0.05, 0.1) is 0 Å². The smallest absolute Gasteiger partial charge is 0.138 e. The van der Waals surface area contributed by atoms with Crippen molar-refractivity contribution in [1.82, 2.24) is 0 Å². The number of rotatable bonds is 1. The van der Waals surface area contributed by atoms with Gasteiger partial charge in [0.25, 0.3) is 0 Å². The molecule has 192 valence electrons. The molecule has 0 saturated carbocycles. The SMILES string of the molecule is CN1c2ccccc2C(C)(C)c2c1ccc1cc(C=C3C(=C(C#N)C#N)c4ccccc4C3=C(C#N)C#N)ccc21. The molecule has 0 radical (unpaired) electrons. The summed E-state index contributed by atoms with van der Waals surface area (Å²) in [5.41, 5.74) is 8.08. The van der Waals surface area contributed by atoms with Gasteiger partial charge in [0.1, 0.15) is 35.4 Å². The summed E-state index contributed by atoms with van der Waals surface area (Å²) in [7, 11) is 2.10. The maximum absolute atomic E-state index is 9.82. The third kappa shape index (κ3) is 3.66. The second-order valence-corrected chi connectivity index (χ2v) is 10.7. The number of allylic oxidation sites excluding steroid dienone is 5. The van der Waals surface area contributed by atoms with Crippen molar-refractivity contribution in [3.05, 3.63) is 123 Å². The first-order valence-corrected chi connectivity index (χ1v) is 13.2. The summed E-state index contributed by atoms with van der Waals surface area (Å²) < 4.78 is 0. The van der Waals surface area contributed by atoms with Gasteiger partial charge in [0.2, 0.25) is 0 Å². The zero-order valence-electron chi connectivity index (χ0n) is 22.8. The maximum Gasteiger partial charge on any atom is 0.138 e. The number of nitriles is 4. The number of hydrogen-bond donors (Lipinski definition) is 0. The zero-order chi connectivity index (χ0) is 28.9.